The van der Waals surface area contributed by atoms with E-state index in [9.17, 15) is 97.0 Å². The third-order valence-corrected chi connectivity index (χ3v) is 14.8. The highest BCUT2D eigenvalue weighted by molar-refractivity contribution is 8.31. The van der Waals surface area contributed by atoms with Crippen LogP contribution in [-0.4, -0.2) is 87.1 Å². The molecule has 0 aromatic rings. The summed E-state index contributed by atoms with van der Waals surface area (Å²) in [7, 11) is -3.44. The Hall–Kier alpha value is -1.79. The molecule has 0 aliphatic heterocycles. The molecule has 0 radical (unpaired) electrons. The number of carbonyl (C=O) groups is 1. The molecule has 3 aliphatic carbocycles. The molecule has 0 amide bonds. The number of rotatable bonds is 14. The van der Waals surface area contributed by atoms with Crippen LogP contribution in [0.15, 0.2) is 0 Å². The predicted molar refractivity (Wildman–Crippen MR) is 136 cm³/mol. The Morgan fingerprint density at radius 1 is 0.358 bits per heavy atom. The van der Waals surface area contributed by atoms with Crippen molar-refractivity contribution in [3.8, 4) is 0 Å². The first-order chi connectivity index (χ1) is 23.4. The van der Waals surface area contributed by atoms with Crippen LogP contribution >= 0.6 is 10.3 Å². The Labute approximate surface area is 285 Å². The summed E-state index contributed by atoms with van der Waals surface area (Å²) in [6.07, 6.45) is -5.46. The summed E-state index contributed by atoms with van der Waals surface area (Å²) in [5.74, 6) is -93.2. The van der Waals surface area contributed by atoms with Crippen LogP contribution in [0.3, 0.4) is 0 Å². The average molecular weight is 853 g/mol. The number of hydrogen-bond donors (Lipinski definition) is 0. The molecule has 26 heteroatoms. The van der Waals surface area contributed by atoms with E-state index < -0.39 is 97.4 Å². The van der Waals surface area contributed by atoms with Crippen LogP contribution in [0, 0.1) is 0 Å². The van der Waals surface area contributed by atoms with Gasteiger partial charge >= 0.3 is 71.4 Å². The molecule has 0 heterocycles. The summed E-state index contributed by atoms with van der Waals surface area (Å²) < 4.78 is 325. The van der Waals surface area contributed by atoms with Gasteiger partial charge in [-0.1, -0.05) is 48.8 Å². The van der Waals surface area contributed by atoms with Crippen molar-refractivity contribution >= 4 is 16.3 Å². The molecule has 3 aliphatic rings. The van der Waals surface area contributed by atoms with Crippen LogP contribution in [0.2, 0.25) is 0 Å². The Kier molecular flexibility index (Phi) is 11.5. The standard InChI is InChI=1S/C27H27F23O2S/c28-17(29,16(51)52-53(13-7-1-2-8-13,14-9-3-4-10-14)15-11-5-6-12-15)18(30,31)19(32,33)20(34,35)21(36,37)22(38,39)23(40,41)24(42,43)25(44,45)26(46,47)27(48,49)50/h13-15H,1-12H2. The molecule has 3 saturated carbocycles. The normalized spacial score (nSPS) is 21.5. The summed E-state index contributed by atoms with van der Waals surface area (Å²) in [6.45, 7) is 0. The first-order valence-corrected chi connectivity index (χ1v) is 17.1. The number of hydrogen-bond acceptors (Lipinski definition) is 2. The molecule has 0 spiro atoms. The fraction of sp³-hybridized carbons (Fsp3) is 0.963. The van der Waals surface area contributed by atoms with E-state index in [4.69, 9.17) is 4.18 Å². The maximum atomic E-state index is 15.1. The van der Waals surface area contributed by atoms with Crippen molar-refractivity contribution in [1.82, 2.24) is 0 Å². The van der Waals surface area contributed by atoms with E-state index in [1.54, 1.807) is 0 Å². The van der Waals surface area contributed by atoms with E-state index in [-0.39, 0.29) is 38.5 Å². The minimum Gasteiger partial charge on any atom is -0.410 e. The number of alkyl halides is 23. The molecular weight excluding hydrogens is 825 g/mol. The van der Waals surface area contributed by atoms with Gasteiger partial charge in [0.2, 0.25) is 0 Å². The zero-order valence-electron chi connectivity index (χ0n) is 26.1. The predicted octanol–water partition coefficient (Wildman–Crippen LogP) is 12.0. The van der Waals surface area contributed by atoms with Gasteiger partial charge in [-0.15, -0.1) is 0 Å². The van der Waals surface area contributed by atoms with Crippen molar-refractivity contribution in [2.45, 2.75) is 158 Å². The van der Waals surface area contributed by atoms with Gasteiger partial charge in [-0.2, -0.15) is 101 Å². The van der Waals surface area contributed by atoms with Crippen LogP contribution in [0.5, 0.6) is 0 Å². The van der Waals surface area contributed by atoms with E-state index in [0.29, 0.717) is 38.5 Å². The average Bonchev–Trinajstić information content (AvgIpc) is 3.83. The van der Waals surface area contributed by atoms with Crippen LogP contribution in [0.25, 0.3) is 0 Å². The summed E-state index contributed by atoms with van der Waals surface area (Å²) >= 11 is 0. The van der Waals surface area contributed by atoms with Crippen LogP contribution in [0.4, 0.5) is 101 Å². The summed E-state index contributed by atoms with van der Waals surface area (Å²) in [5.41, 5.74) is 0. The quantitative estimate of drug-likeness (QED) is 0.163. The molecule has 0 atom stereocenters. The molecular formula is C27H27F23O2S. The van der Waals surface area contributed by atoms with E-state index in [2.05, 4.69) is 0 Å². The molecule has 0 bridgehead atoms. The van der Waals surface area contributed by atoms with E-state index in [0.717, 1.165) is 0 Å². The Balaban J connectivity index is 2.11. The Morgan fingerprint density at radius 2 is 0.566 bits per heavy atom. The van der Waals surface area contributed by atoms with E-state index in [1.165, 1.54) is 0 Å². The molecule has 53 heavy (non-hydrogen) atoms. The first-order valence-electron chi connectivity index (χ1n) is 15.3. The van der Waals surface area contributed by atoms with Gasteiger partial charge in [0.25, 0.3) is 0 Å². The van der Waals surface area contributed by atoms with Crippen molar-refractivity contribution in [1.29, 1.82) is 0 Å². The van der Waals surface area contributed by atoms with Crippen molar-refractivity contribution < 1.29 is 110 Å². The second kappa shape index (κ2) is 13.4. The summed E-state index contributed by atoms with van der Waals surface area (Å²) in [5, 5.41) is -2.59. The molecule has 0 aromatic heterocycles. The SMILES string of the molecule is O=C(OS(C1CCCC1)(C1CCCC1)C1CCCC1)C(F)(F)C(F)(F)C(F)(F)C(F)(F)C(F)(F)C(F)(F)C(F)(F)C(F)(F)C(F)(F)C(F)(F)C(F)(F)F. The van der Waals surface area contributed by atoms with Gasteiger partial charge in [0.1, 0.15) is 0 Å². The number of carbonyl (C=O) groups excluding carboxylic acids is 1. The lowest BCUT2D eigenvalue weighted by Crippen LogP contribution is -2.78. The minimum atomic E-state index is -9.49. The molecule has 3 rings (SSSR count). The molecule has 0 unspecified atom stereocenters. The van der Waals surface area contributed by atoms with Gasteiger partial charge in [-0.3, -0.25) is 0 Å². The highest BCUT2D eigenvalue weighted by Gasteiger charge is 2.99. The minimum absolute atomic E-state index is 0.0971. The molecule has 3 fully saturated rings. The zero-order chi connectivity index (χ0) is 41.5. The Bertz CT molecular complexity index is 1280. The third-order valence-electron chi connectivity index (χ3n) is 9.85. The van der Waals surface area contributed by atoms with E-state index in [1.807, 2.05) is 0 Å². The molecule has 2 nitrogen and oxygen atoms in total. The lowest BCUT2D eigenvalue weighted by Gasteiger charge is -2.53. The summed E-state index contributed by atoms with van der Waals surface area (Å²) in [6, 6.07) is 0. The maximum Gasteiger partial charge on any atom is 0.460 e. The van der Waals surface area contributed by atoms with Crippen molar-refractivity contribution in [2.75, 3.05) is 0 Å². The van der Waals surface area contributed by atoms with E-state index >= 15 is 8.78 Å². The highest BCUT2D eigenvalue weighted by Crippen LogP contribution is 2.73. The van der Waals surface area contributed by atoms with Gasteiger partial charge < -0.3 is 4.18 Å². The molecule has 0 aromatic carbocycles. The number of halogens is 23. The largest absolute Gasteiger partial charge is 0.460 e. The fourth-order valence-corrected chi connectivity index (χ4v) is 12.5. The Morgan fingerprint density at radius 3 is 0.792 bits per heavy atom. The molecule has 0 N–H and O–H groups in total. The van der Waals surface area contributed by atoms with Crippen molar-refractivity contribution in [3.63, 3.8) is 0 Å². The third kappa shape index (κ3) is 6.11. The summed E-state index contributed by atoms with van der Waals surface area (Å²) in [4.78, 5) is 12.8. The first kappa shape index (κ1) is 45.6. The second-order valence-corrected chi connectivity index (χ2v) is 16.6. The smallest absolute Gasteiger partial charge is 0.410 e. The van der Waals surface area contributed by atoms with Gasteiger partial charge in [0.15, 0.2) is 0 Å². The second-order valence-electron chi connectivity index (χ2n) is 13.0. The van der Waals surface area contributed by atoms with Gasteiger partial charge in [0.05, 0.1) is 0 Å². The van der Waals surface area contributed by atoms with Gasteiger partial charge in [0, 0.05) is 15.7 Å². The lowest BCUT2D eigenvalue weighted by atomic mass is 9.85. The van der Waals surface area contributed by atoms with Crippen LogP contribution < -0.4 is 0 Å². The lowest BCUT2D eigenvalue weighted by molar-refractivity contribution is -0.477. The monoisotopic (exact) mass is 852 g/mol. The van der Waals surface area contributed by atoms with Crippen molar-refractivity contribution in [2.24, 2.45) is 0 Å². The molecule has 0 saturated heterocycles. The highest BCUT2D eigenvalue weighted by atomic mass is 32.3. The fourth-order valence-electron chi connectivity index (χ4n) is 6.86. The van der Waals surface area contributed by atoms with Crippen molar-refractivity contribution in [3.05, 3.63) is 0 Å². The van der Waals surface area contributed by atoms with Gasteiger partial charge in [-0.25, -0.2) is 4.79 Å². The van der Waals surface area contributed by atoms with Crippen LogP contribution in [-0.2, 0) is 8.98 Å². The topological polar surface area (TPSA) is 26.3 Å². The maximum absolute atomic E-state index is 15.1. The van der Waals surface area contributed by atoms with Gasteiger partial charge in [-0.05, 0) is 38.5 Å². The van der Waals surface area contributed by atoms with Crippen LogP contribution in [0.1, 0.15) is 77.0 Å². The molecule has 314 valence electrons. The zero-order valence-corrected chi connectivity index (χ0v) is 27.0.